The van der Waals surface area contributed by atoms with E-state index in [9.17, 15) is 0 Å². The minimum absolute atomic E-state index is 0.965. The summed E-state index contributed by atoms with van der Waals surface area (Å²) in [5.74, 6) is 0. The van der Waals surface area contributed by atoms with Gasteiger partial charge in [0.05, 0.1) is 0 Å². The molecule has 0 unspecified atom stereocenters. The van der Waals surface area contributed by atoms with Crippen LogP contribution >= 0.6 is 22.9 Å². The third kappa shape index (κ3) is 3.57. The first-order valence-corrected chi connectivity index (χ1v) is 4.64. The molecule has 0 radical (unpaired) electrons. The van der Waals surface area contributed by atoms with Crippen molar-refractivity contribution in [1.29, 1.82) is 0 Å². The molecule has 1 aromatic carbocycles. The van der Waals surface area contributed by atoms with E-state index in [1.54, 1.807) is 0 Å². The van der Waals surface area contributed by atoms with E-state index in [1.807, 2.05) is 18.2 Å². The molecule has 0 saturated carbocycles. The normalized spacial score (nSPS) is 9.55. The largest absolute Gasteiger partial charge is 0.384 e. The zero-order valence-electron chi connectivity index (χ0n) is 6.18. The van der Waals surface area contributed by atoms with Crippen LogP contribution in [0.3, 0.4) is 0 Å². The van der Waals surface area contributed by atoms with Gasteiger partial charge in [-0.2, -0.15) is 0 Å². The van der Waals surface area contributed by atoms with Crippen LogP contribution in [0, 0.1) is 0 Å². The van der Waals surface area contributed by atoms with Gasteiger partial charge in [0.2, 0.25) is 0 Å². The third-order valence-corrected chi connectivity index (χ3v) is 1.86. The maximum absolute atomic E-state index is 3.28. The number of anilines is 1. The summed E-state index contributed by atoms with van der Waals surface area (Å²) in [4.78, 5) is 0. The number of benzene rings is 1. The van der Waals surface area contributed by atoms with E-state index in [0.29, 0.717) is 0 Å². The third-order valence-electron chi connectivity index (χ3n) is 1.32. The molecule has 0 aliphatic carbocycles. The molecular weight excluding hydrogens is 251 g/mol. The van der Waals surface area contributed by atoms with Crippen molar-refractivity contribution in [3.8, 4) is 0 Å². The van der Waals surface area contributed by atoms with Gasteiger partial charge in [0, 0.05) is 41.6 Å². The average molecular weight is 262 g/mol. The topological polar surface area (TPSA) is 24.1 Å². The van der Waals surface area contributed by atoms with E-state index < -0.39 is 0 Å². The monoisotopic (exact) mass is 262 g/mol. The van der Waals surface area contributed by atoms with Crippen LogP contribution < -0.4 is 8.85 Å². The standard InChI is InChI=1S/C8H11IN2/c9-11-7-6-10-8-4-2-1-3-5-8/h1-5,10-11H,6-7H2. The van der Waals surface area contributed by atoms with Crippen molar-refractivity contribution in [2.75, 3.05) is 18.4 Å². The van der Waals surface area contributed by atoms with Crippen molar-refractivity contribution in [3.05, 3.63) is 30.3 Å². The van der Waals surface area contributed by atoms with Crippen LogP contribution in [0.2, 0.25) is 0 Å². The number of para-hydroxylation sites is 1. The Morgan fingerprint density at radius 2 is 1.82 bits per heavy atom. The molecule has 0 aromatic heterocycles. The summed E-state index contributed by atoms with van der Waals surface area (Å²) < 4.78 is 3.05. The van der Waals surface area contributed by atoms with Gasteiger partial charge in [-0.25, -0.2) is 0 Å². The van der Waals surface area contributed by atoms with Crippen molar-refractivity contribution in [2.45, 2.75) is 0 Å². The van der Waals surface area contributed by atoms with Gasteiger partial charge >= 0.3 is 0 Å². The van der Waals surface area contributed by atoms with E-state index in [2.05, 4.69) is 43.8 Å². The zero-order chi connectivity index (χ0) is 7.94. The fraction of sp³-hybridized carbons (Fsp3) is 0.250. The first-order chi connectivity index (χ1) is 5.43. The molecule has 0 fully saturated rings. The molecule has 1 rings (SSSR count). The Morgan fingerprint density at radius 3 is 2.45 bits per heavy atom. The molecule has 0 aliphatic rings. The molecule has 0 spiro atoms. The van der Waals surface area contributed by atoms with Gasteiger partial charge in [-0.3, -0.25) is 3.53 Å². The smallest absolute Gasteiger partial charge is 0.0340 e. The molecule has 3 heteroatoms. The fourth-order valence-electron chi connectivity index (χ4n) is 0.810. The van der Waals surface area contributed by atoms with E-state index >= 15 is 0 Å². The lowest BCUT2D eigenvalue weighted by molar-refractivity contribution is 0.983. The lowest BCUT2D eigenvalue weighted by Crippen LogP contribution is -2.13. The SMILES string of the molecule is INCCNc1ccccc1. The lowest BCUT2D eigenvalue weighted by Gasteiger charge is -2.03. The Morgan fingerprint density at radius 1 is 1.09 bits per heavy atom. The number of hydrogen-bond acceptors (Lipinski definition) is 2. The Balaban J connectivity index is 2.28. The summed E-state index contributed by atoms with van der Waals surface area (Å²) >= 11 is 2.14. The molecule has 0 bridgehead atoms. The van der Waals surface area contributed by atoms with Crippen LogP contribution in [0.15, 0.2) is 30.3 Å². The van der Waals surface area contributed by atoms with Crippen molar-refractivity contribution >= 4 is 28.6 Å². The number of halogens is 1. The van der Waals surface area contributed by atoms with Crippen LogP contribution in [-0.4, -0.2) is 13.1 Å². The molecule has 0 atom stereocenters. The molecule has 0 amide bonds. The van der Waals surface area contributed by atoms with Gasteiger partial charge in [0.1, 0.15) is 0 Å². The summed E-state index contributed by atoms with van der Waals surface area (Å²) in [6.45, 7) is 1.95. The average Bonchev–Trinajstić information content (AvgIpc) is 2.07. The molecule has 2 N–H and O–H groups in total. The molecule has 0 saturated heterocycles. The van der Waals surface area contributed by atoms with Crippen LogP contribution in [0.1, 0.15) is 0 Å². The Bertz CT molecular complexity index is 189. The first kappa shape index (κ1) is 8.80. The van der Waals surface area contributed by atoms with E-state index in [1.165, 1.54) is 5.69 Å². The Labute approximate surface area is 80.9 Å². The Hall–Kier alpha value is -0.290. The van der Waals surface area contributed by atoms with Crippen LogP contribution in [-0.2, 0) is 0 Å². The summed E-state index contributed by atoms with van der Waals surface area (Å²) in [7, 11) is 0. The molecule has 11 heavy (non-hydrogen) atoms. The van der Waals surface area contributed by atoms with Crippen LogP contribution in [0.25, 0.3) is 0 Å². The van der Waals surface area contributed by atoms with Gasteiger partial charge in [-0.05, 0) is 12.1 Å². The van der Waals surface area contributed by atoms with Crippen molar-refractivity contribution < 1.29 is 0 Å². The van der Waals surface area contributed by atoms with Gasteiger partial charge in [-0.1, -0.05) is 18.2 Å². The summed E-state index contributed by atoms with van der Waals surface area (Å²) in [5.41, 5.74) is 1.18. The minimum Gasteiger partial charge on any atom is -0.384 e. The van der Waals surface area contributed by atoms with Gasteiger partial charge in [-0.15, -0.1) is 0 Å². The van der Waals surface area contributed by atoms with Gasteiger partial charge in [0.25, 0.3) is 0 Å². The number of rotatable bonds is 4. The number of hydrogen-bond donors (Lipinski definition) is 2. The first-order valence-electron chi connectivity index (χ1n) is 3.56. The highest BCUT2D eigenvalue weighted by molar-refractivity contribution is 14.1. The van der Waals surface area contributed by atoms with E-state index in [4.69, 9.17) is 0 Å². The van der Waals surface area contributed by atoms with Crippen molar-refractivity contribution in [2.24, 2.45) is 0 Å². The number of nitrogens with one attached hydrogen (secondary N) is 2. The highest BCUT2D eigenvalue weighted by Gasteiger charge is 1.86. The van der Waals surface area contributed by atoms with Crippen LogP contribution in [0.4, 0.5) is 5.69 Å². The summed E-state index contributed by atoms with van der Waals surface area (Å²) in [5, 5.41) is 3.28. The van der Waals surface area contributed by atoms with E-state index in [-0.39, 0.29) is 0 Å². The highest BCUT2D eigenvalue weighted by Crippen LogP contribution is 2.03. The summed E-state index contributed by atoms with van der Waals surface area (Å²) in [6.07, 6.45) is 0. The zero-order valence-corrected chi connectivity index (χ0v) is 8.34. The summed E-state index contributed by atoms with van der Waals surface area (Å²) in [6, 6.07) is 10.2. The van der Waals surface area contributed by atoms with Gasteiger partial charge < -0.3 is 5.32 Å². The maximum Gasteiger partial charge on any atom is 0.0340 e. The van der Waals surface area contributed by atoms with Crippen LogP contribution in [0.5, 0.6) is 0 Å². The predicted octanol–water partition coefficient (Wildman–Crippen LogP) is 2.04. The molecule has 2 nitrogen and oxygen atoms in total. The molecule has 1 aromatic rings. The lowest BCUT2D eigenvalue weighted by atomic mass is 10.3. The second-order valence-corrected chi connectivity index (χ2v) is 2.94. The molecular formula is C8H11IN2. The maximum atomic E-state index is 3.28. The van der Waals surface area contributed by atoms with Gasteiger partial charge in [0.15, 0.2) is 0 Å². The molecule has 0 aliphatic heterocycles. The minimum atomic E-state index is 0.965. The highest BCUT2D eigenvalue weighted by atomic mass is 127. The second kappa shape index (κ2) is 5.37. The predicted molar refractivity (Wildman–Crippen MR) is 57.0 cm³/mol. The second-order valence-electron chi connectivity index (χ2n) is 2.18. The fourth-order valence-corrected chi connectivity index (χ4v) is 1.08. The molecule has 0 heterocycles. The van der Waals surface area contributed by atoms with Crippen molar-refractivity contribution in [1.82, 2.24) is 3.53 Å². The van der Waals surface area contributed by atoms with E-state index in [0.717, 1.165) is 13.1 Å². The van der Waals surface area contributed by atoms with Crippen molar-refractivity contribution in [3.63, 3.8) is 0 Å². The molecule has 60 valence electrons. The quantitative estimate of drug-likeness (QED) is 0.493. The Kier molecular flexibility index (Phi) is 4.30.